The Morgan fingerprint density at radius 1 is 1.24 bits per heavy atom. The van der Waals surface area contributed by atoms with E-state index in [-0.39, 0.29) is 35.1 Å². The van der Waals surface area contributed by atoms with Gasteiger partial charge >= 0.3 is 0 Å². The van der Waals surface area contributed by atoms with Gasteiger partial charge < -0.3 is 14.6 Å². The molecule has 1 aromatic rings. The predicted molar refractivity (Wildman–Crippen MR) is 110 cm³/mol. The summed E-state index contributed by atoms with van der Waals surface area (Å²) in [6, 6.07) is 5.26. The number of hydrogen-bond donors (Lipinski definition) is 1. The molecule has 0 radical (unpaired) electrons. The first-order valence-corrected chi connectivity index (χ1v) is 11.8. The molecule has 0 amide bonds. The second-order valence-corrected chi connectivity index (χ2v) is 11.0. The van der Waals surface area contributed by atoms with Crippen molar-refractivity contribution < 1.29 is 14.6 Å². The zero-order chi connectivity index (χ0) is 19.6. The molecule has 1 saturated heterocycles. The van der Waals surface area contributed by atoms with Gasteiger partial charge in [-0.3, -0.25) is 4.90 Å². The van der Waals surface area contributed by atoms with Crippen molar-refractivity contribution in [2.24, 2.45) is 17.3 Å². The molecule has 4 heteroatoms. The van der Waals surface area contributed by atoms with Crippen molar-refractivity contribution in [1.29, 1.82) is 0 Å². The minimum absolute atomic E-state index is 0.0559. The first-order valence-electron chi connectivity index (χ1n) is 11.8. The average Bonchev–Trinajstić information content (AvgIpc) is 3.48. The SMILES string of the molecule is COC12CC[C@@]3(C[C@@H]1CO)[C@H]1Cc4ccc(C)c5c4[C@@]3(CCN1CC1CC1)C2O5. The summed E-state index contributed by atoms with van der Waals surface area (Å²) in [6.45, 7) is 4.89. The number of methoxy groups -OCH3 is 1. The van der Waals surface area contributed by atoms with Gasteiger partial charge in [0.25, 0.3) is 0 Å². The normalized spacial score (nSPS) is 46.5. The molecule has 4 nitrogen and oxygen atoms in total. The number of fused-ring (bicyclic) bond motifs is 2. The van der Waals surface area contributed by atoms with Crippen LogP contribution in [0.2, 0.25) is 0 Å². The largest absolute Gasteiger partial charge is 0.486 e. The first-order chi connectivity index (χ1) is 14.1. The fourth-order valence-corrected chi connectivity index (χ4v) is 8.91. The Balaban J connectivity index is 1.48. The number of aliphatic hydroxyl groups excluding tert-OH is 1. The van der Waals surface area contributed by atoms with Gasteiger partial charge in [0.2, 0.25) is 0 Å². The number of piperidine rings is 1. The van der Waals surface area contributed by atoms with Gasteiger partial charge in [0.05, 0.1) is 0 Å². The van der Waals surface area contributed by atoms with Crippen LogP contribution in [0.1, 0.15) is 55.2 Å². The van der Waals surface area contributed by atoms with Crippen molar-refractivity contribution in [3.8, 4) is 5.75 Å². The van der Waals surface area contributed by atoms with Crippen LogP contribution in [0, 0.1) is 24.2 Å². The van der Waals surface area contributed by atoms with E-state index in [0.717, 1.165) is 30.9 Å². The molecule has 4 bridgehead atoms. The zero-order valence-electron chi connectivity index (χ0n) is 17.7. The van der Waals surface area contributed by atoms with E-state index >= 15 is 0 Å². The lowest BCUT2D eigenvalue weighted by molar-refractivity contribution is -0.281. The van der Waals surface area contributed by atoms with Gasteiger partial charge in [0.15, 0.2) is 0 Å². The van der Waals surface area contributed by atoms with Crippen molar-refractivity contribution in [2.75, 3.05) is 26.8 Å². The molecule has 7 aliphatic rings. The van der Waals surface area contributed by atoms with E-state index in [0.29, 0.717) is 6.04 Å². The van der Waals surface area contributed by atoms with E-state index < -0.39 is 0 Å². The van der Waals surface area contributed by atoms with Crippen LogP contribution in [0.4, 0.5) is 0 Å². The fraction of sp³-hybridized carbons (Fsp3) is 0.760. The lowest BCUT2D eigenvalue weighted by atomic mass is 9.35. The number of likely N-dealkylation sites (tertiary alicyclic amines) is 1. The number of hydrogen-bond acceptors (Lipinski definition) is 4. The summed E-state index contributed by atoms with van der Waals surface area (Å²) >= 11 is 0. The van der Waals surface area contributed by atoms with Crippen molar-refractivity contribution in [3.63, 3.8) is 0 Å². The van der Waals surface area contributed by atoms with E-state index in [1.165, 1.54) is 49.9 Å². The van der Waals surface area contributed by atoms with Gasteiger partial charge in [-0.05, 0) is 75.5 Å². The Bertz CT molecular complexity index is 896. The average molecular weight is 396 g/mol. The van der Waals surface area contributed by atoms with Crippen molar-refractivity contribution in [2.45, 2.75) is 75.0 Å². The van der Waals surface area contributed by atoms with Crippen molar-refractivity contribution in [1.82, 2.24) is 4.90 Å². The van der Waals surface area contributed by atoms with Crippen LogP contribution < -0.4 is 4.74 Å². The molecule has 2 heterocycles. The first kappa shape index (κ1) is 17.6. The Morgan fingerprint density at radius 2 is 2.10 bits per heavy atom. The van der Waals surface area contributed by atoms with Crippen LogP contribution in [0.3, 0.4) is 0 Å². The third-order valence-electron chi connectivity index (χ3n) is 10.2. The zero-order valence-corrected chi connectivity index (χ0v) is 17.7. The van der Waals surface area contributed by atoms with Gasteiger partial charge in [0, 0.05) is 48.6 Å². The highest BCUT2D eigenvalue weighted by molar-refractivity contribution is 5.61. The van der Waals surface area contributed by atoms with E-state index in [1.54, 1.807) is 5.56 Å². The minimum Gasteiger partial charge on any atom is -0.486 e. The highest BCUT2D eigenvalue weighted by Crippen LogP contribution is 2.76. The lowest BCUT2D eigenvalue weighted by Crippen LogP contribution is -2.81. The Labute approximate surface area is 173 Å². The molecule has 4 saturated carbocycles. The van der Waals surface area contributed by atoms with Crippen LogP contribution in [-0.2, 0) is 16.6 Å². The molecular weight excluding hydrogens is 362 g/mol. The Kier molecular flexibility index (Phi) is 3.26. The van der Waals surface area contributed by atoms with E-state index in [2.05, 4.69) is 24.0 Å². The Morgan fingerprint density at radius 3 is 2.86 bits per heavy atom. The maximum absolute atomic E-state index is 10.5. The van der Waals surface area contributed by atoms with E-state index in [9.17, 15) is 5.11 Å². The van der Waals surface area contributed by atoms with Crippen LogP contribution >= 0.6 is 0 Å². The quantitative estimate of drug-likeness (QED) is 0.850. The fourth-order valence-electron chi connectivity index (χ4n) is 8.91. The number of ether oxygens (including phenoxy) is 2. The highest BCUT2D eigenvalue weighted by Gasteiger charge is 2.80. The van der Waals surface area contributed by atoms with Crippen LogP contribution in [-0.4, -0.2) is 54.6 Å². The second kappa shape index (κ2) is 5.38. The summed E-state index contributed by atoms with van der Waals surface area (Å²) < 4.78 is 13.3. The van der Waals surface area contributed by atoms with Gasteiger partial charge in [-0.1, -0.05) is 12.1 Å². The number of aliphatic hydroxyl groups is 1. The lowest BCUT2D eigenvalue weighted by Gasteiger charge is -2.73. The van der Waals surface area contributed by atoms with E-state index in [4.69, 9.17) is 9.47 Å². The van der Waals surface area contributed by atoms with Gasteiger partial charge in [-0.2, -0.15) is 0 Å². The molecular formula is C25H33NO3. The molecule has 29 heavy (non-hydrogen) atoms. The molecule has 6 atom stereocenters. The van der Waals surface area contributed by atoms with Crippen molar-refractivity contribution >= 4 is 0 Å². The third kappa shape index (κ3) is 1.78. The molecule has 2 spiro atoms. The monoisotopic (exact) mass is 395 g/mol. The van der Waals surface area contributed by atoms with Crippen LogP contribution in [0.25, 0.3) is 0 Å². The predicted octanol–water partition coefficient (Wildman–Crippen LogP) is 3.21. The van der Waals surface area contributed by atoms with Crippen molar-refractivity contribution in [3.05, 3.63) is 28.8 Å². The highest BCUT2D eigenvalue weighted by atomic mass is 16.6. The molecule has 1 N–H and O–H groups in total. The topological polar surface area (TPSA) is 41.9 Å². The number of aryl methyl sites for hydroxylation is 1. The standard InChI is InChI=1S/C25H33NO3/c1-15-3-6-17-11-19-23-7-8-25(28-2,18(12-23)14-27)22-24(23,20(17)21(15)29-22)9-10-26(19)13-16-4-5-16/h3,6,16,18-19,22,27H,4-5,7-14H2,1-2H3/t18-,19-,22?,23-,24+,25?/m1/s1. The smallest absolute Gasteiger partial charge is 0.138 e. The number of rotatable bonds is 4. The Hall–Kier alpha value is -1.10. The maximum atomic E-state index is 10.5. The molecule has 5 fully saturated rings. The molecule has 1 aromatic carbocycles. The van der Waals surface area contributed by atoms with E-state index in [1.807, 2.05) is 7.11 Å². The number of benzene rings is 1. The summed E-state index contributed by atoms with van der Waals surface area (Å²) in [5, 5.41) is 10.5. The summed E-state index contributed by atoms with van der Waals surface area (Å²) in [4.78, 5) is 2.86. The molecule has 5 aliphatic carbocycles. The summed E-state index contributed by atoms with van der Waals surface area (Å²) in [5.74, 6) is 2.26. The summed E-state index contributed by atoms with van der Waals surface area (Å²) in [5.41, 5.74) is 4.30. The van der Waals surface area contributed by atoms with Gasteiger partial charge in [-0.25, -0.2) is 0 Å². The second-order valence-electron chi connectivity index (χ2n) is 11.0. The molecule has 2 aliphatic heterocycles. The van der Waals surface area contributed by atoms with Gasteiger partial charge in [0.1, 0.15) is 17.5 Å². The summed E-state index contributed by atoms with van der Waals surface area (Å²) in [7, 11) is 1.86. The molecule has 0 aromatic heterocycles. The number of nitrogens with zero attached hydrogens (tertiary/aromatic N) is 1. The maximum Gasteiger partial charge on any atom is 0.138 e. The van der Waals surface area contributed by atoms with Gasteiger partial charge in [-0.15, -0.1) is 0 Å². The molecule has 156 valence electrons. The molecule has 2 unspecified atom stereocenters. The molecule has 8 rings (SSSR count). The van der Waals surface area contributed by atoms with Crippen LogP contribution in [0.5, 0.6) is 5.75 Å². The third-order valence-corrected chi connectivity index (χ3v) is 10.2. The summed E-state index contributed by atoms with van der Waals surface area (Å²) in [6.07, 6.45) is 8.57. The van der Waals surface area contributed by atoms with Crippen LogP contribution in [0.15, 0.2) is 12.1 Å². The minimum atomic E-state index is -0.347.